The largest absolute Gasteiger partial charge is 0.339 e. The second kappa shape index (κ2) is 5.53. The molecule has 2 N–H and O–H groups in total. The summed E-state index contributed by atoms with van der Waals surface area (Å²) in [5.41, 5.74) is 6.88. The van der Waals surface area contributed by atoms with Gasteiger partial charge in [-0.1, -0.05) is 50.6 Å². The first-order valence-electron chi connectivity index (χ1n) is 6.72. The second-order valence-electron chi connectivity index (χ2n) is 5.28. The molecule has 0 bridgehead atoms. The molecule has 1 aromatic carbocycles. The number of hydrogen-bond acceptors (Lipinski definition) is 2. The lowest BCUT2D eigenvalue weighted by Gasteiger charge is -2.40. The summed E-state index contributed by atoms with van der Waals surface area (Å²) >= 11 is 0. The molecule has 1 aliphatic rings. The summed E-state index contributed by atoms with van der Waals surface area (Å²) in [5, 5.41) is 0. The van der Waals surface area contributed by atoms with Crippen molar-refractivity contribution in [3.63, 3.8) is 0 Å². The maximum absolute atomic E-state index is 12.5. The quantitative estimate of drug-likeness (QED) is 0.883. The molecule has 2 atom stereocenters. The first-order chi connectivity index (χ1) is 8.63. The van der Waals surface area contributed by atoms with Gasteiger partial charge in [0.15, 0.2) is 0 Å². The van der Waals surface area contributed by atoms with Crippen LogP contribution in [0.1, 0.15) is 31.7 Å². The van der Waals surface area contributed by atoms with E-state index in [0.717, 1.165) is 12.0 Å². The predicted octanol–water partition coefficient (Wildman–Crippen LogP) is 1.99. The lowest BCUT2D eigenvalue weighted by Crippen LogP contribution is -2.59. The monoisotopic (exact) mass is 246 g/mol. The van der Waals surface area contributed by atoms with Gasteiger partial charge in [0.25, 0.3) is 0 Å². The number of hydrogen-bond donors (Lipinski definition) is 1. The summed E-state index contributed by atoms with van der Waals surface area (Å²) < 4.78 is 0. The fourth-order valence-electron chi connectivity index (χ4n) is 2.50. The van der Waals surface area contributed by atoms with Gasteiger partial charge in [-0.25, -0.2) is 0 Å². The first kappa shape index (κ1) is 13.1. The van der Waals surface area contributed by atoms with Crippen LogP contribution in [0.4, 0.5) is 0 Å². The van der Waals surface area contributed by atoms with Gasteiger partial charge in [-0.3, -0.25) is 4.79 Å². The molecule has 1 fully saturated rings. The Kier molecular flexibility index (Phi) is 4.02. The van der Waals surface area contributed by atoms with E-state index in [9.17, 15) is 4.79 Å². The van der Waals surface area contributed by atoms with E-state index in [1.807, 2.05) is 23.1 Å². The zero-order chi connectivity index (χ0) is 13.1. The van der Waals surface area contributed by atoms with Crippen molar-refractivity contribution in [1.82, 2.24) is 4.90 Å². The van der Waals surface area contributed by atoms with Crippen LogP contribution in [0.5, 0.6) is 0 Å². The minimum Gasteiger partial charge on any atom is -0.339 e. The van der Waals surface area contributed by atoms with Gasteiger partial charge in [0.1, 0.15) is 0 Å². The van der Waals surface area contributed by atoms with Crippen LogP contribution in [-0.4, -0.2) is 29.9 Å². The van der Waals surface area contributed by atoms with Gasteiger partial charge in [-0.15, -0.1) is 0 Å². The Labute approximate surface area is 109 Å². The molecule has 18 heavy (non-hydrogen) atoms. The van der Waals surface area contributed by atoms with Crippen molar-refractivity contribution in [3.05, 3.63) is 35.9 Å². The molecule has 1 heterocycles. The molecule has 0 aromatic heterocycles. The molecule has 1 amide bonds. The van der Waals surface area contributed by atoms with Crippen molar-refractivity contribution in [3.8, 4) is 0 Å². The van der Waals surface area contributed by atoms with Crippen LogP contribution in [0.15, 0.2) is 30.3 Å². The lowest BCUT2D eigenvalue weighted by molar-refractivity contribution is -0.138. The number of benzene rings is 1. The highest BCUT2D eigenvalue weighted by molar-refractivity contribution is 5.84. The van der Waals surface area contributed by atoms with E-state index in [4.69, 9.17) is 5.73 Å². The Morgan fingerprint density at radius 3 is 2.50 bits per heavy atom. The van der Waals surface area contributed by atoms with E-state index in [2.05, 4.69) is 26.0 Å². The van der Waals surface area contributed by atoms with E-state index in [1.54, 1.807) is 0 Å². The molecule has 1 aromatic rings. The van der Waals surface area contributed by atoms with Crippen LogP contribution in [0.25, 0.3) is 0 Å². The van der Waals surface area contributed by atoms with Crippen LogP contribution >= 0.6 is 0 Å². The van der Waals surface area contributed by atoms with E-state index < -0.39 is 0 Å². The minimum atomic E-state index is -0.0244. The molecule has 0 spiro atoms. The van der Waals surface area contributed by atoms with Crippen LogP contribution in [0.3, 0.4) is 0 Å². The fraction of sp³-hybridized carbons (Fsp3) is 0.533. The number of nitrogens with zero attached hydrogens (tertiary/aromatic N) is 1. The molecule has 1 aliphatic heterocycles. The minimum absolute atomic E-state index is 0.0244. The normalized spacial score (nSPS) is 19.2. The molecule has 0 saturated carbocycles. The average Bonchev–Trinajstić information content (AvgIpc) is 2.36. The number of likely N-dealkylation sites (tertiary alicyclic amines) is 1. The fourth-order valence-corrected chi connectivity index (χ4v) is 2.50. The third kappa shape index (κ3) is 2.56. The highest BCUT2D eigenvalue weighted by Crippen LogP contribution is 2.30. The average molecular weight is 246 g/mol. The summed E-state index contributed by atoms with van der Waals surface area (Å²) in [6, 6.07) is 10.3. The van der Waals surface area contributed by atoms with E-state index in [-0.39, 0.29) is 17.9 Å². The van der Waals surface area contributed by atoms with Crippen LogP contribution in [-0.2, 0) is 4.79 Å². The molecule has 2 unspecified atom stereocenters. The van der Waals surface area contributed by atoms with Gasteiger partial charge in [0.2, 0.25) is 5.91 Å². The zero-order valence-corrected chi connectivity index (χ0v) is 11.2. The van der Waals surface area contributed by atoms with Gasteiger partial charge < -0.3 is 10.6 Å². The summed E-state index contributed by atoms with van der Waals surface area (Å²) in [4.78, 5) is 14.4. The zero-order valence-electron chi connectivity index (χ0n) is 11.2. The van der Waals surface area contributed by atoms with E-state index in [0.29, 0.717) is 19.0 Å². The summed E-state index contributed by atoms with van der Waals surface area (Å²) in [6.07, 6.45) is 1.01. The molecular formula is C15H22N2O. The summed E-state index contributed by atoms with van der Waals surface area (Å²) in [7, 11) is 0. The SMILES string of the molecule is CCC(C)C(C(=O)N1CC(N)C1)c1ccccc1. The molecular weight excluding hydrogens is 224 g/mol. The van der Waals surface area contributed by atoms with Gasteiger partial charge >= 0.3 is 0 Å². The van der Waals surface area contributed by atoms with Crippen LogP contribution < -0.4 is 5.73 Å². The smallest absolute Gasteiger partial charge is 0.230 e. The Morgan fingerprint density at radius 1 is 1.39 bits per heavy atom. The molecule has 3 nitrogen and oxygen atoms in total. The van der Waals surface area contributed by atoms with Gasteiger partial charge in [0.05, 0.1) is 5.92 Å². The summed E-state index contributed by atoms with van der Waals surface area (Å²) in [5.74, 6) is 0.567. The molecule has 2 rings (SSSR count). The van der Waals surface area contributed by atoms with Crippen molar-refractivity contribution >= 4 is 5.91 Å². The number of nitrogens with two attached hydrogens (primary N) is 1. The molecule has 1 saturated heterocycles. The highest BCUT2D eigenvalue weighted by atomic mass is 16.2. The van der Waals surface area contributed by atoms with Crippen molar-refractivity contribution in [2.45, 2.75) is 32.2 Å². The van der Waals surface area contributed by atoms with Crippen LogP contribution in [0, 0.1) is 5.92 Å². The second-order valence-corrected chi connectivity index (χ2v) is 5.28. The molecule has 3 heteroatoms. The van der Waals surface area contributed by atoms with Crippen molar-refractivity contribution in [2.75, 3.05) is 13.1 Å². The number of carbonyl (C=O) groups excluding carboxylic acids is 1. The number of amides is 1. The third-order valence-electron chi connectivity index (χ3n) is 3.86. The lowest BCUT2D eigenvalue weighted by atomic mass is 9.83. The van der Waals surface area contributed by atoms with Gasteiger partial charge in [-0.05, 0) is 11.5 Å². The molecule has 0 aliphatic carbocycles. The molecule has 98 valence electrons. The molecule has 0 radical (unpaired) electrons. The van der Waals surface area contributed by atoms with E-state index in [1.165, 1.54) is 0 Å². The Morgan fingerprint density at radius 2 is 2.00 bits per heavy atom. The standard InChI is InChI=1S/C15H22N2O/c1-3-11(2)14(12-7-5-4-6-8-12)15(18)17-9-13(16)10-17/h4-8,11,13-14H,3,9-10,16H2,1-2H3. The first-order valence-corrected chi connectivity index (χ1v) is 6.72. The van der Waals surface area contributed by atoms with E-state index >= 15 is 0 Å². The topological polar surface area (TPSA) is 46.3 Å². The van der Waals surface area contributed by atoms with Gasteiger partial charge in [-0.2, -0.15) is 0 Å². The Hall–Kier alpha value is -1.35. The predicted molar refractivity (Wildman–Crippen MR) is 73.2 cm³/mol. The maximum atomic E-state index is 12.5. The third-order valence-corrected chi connectivity index (χ3v) is 3.86. The maximum Gasteiger partial charge on any atom is 0.230 e. The van der Waals surface area contributed by atoms with Crippen LogP contribution in [0.2, 0.25) is 0 Å². The van der Waals surface area contributed by atoms with Crippen molar-refractivity contribution < 1.29 is 4.79 Å². The van der Waals surface area contributed by atoms with Gasteiger partial charge in [0, 0.05) is 19.1 Å². The van der Waals surface area contributed by atoms with Crippen molar-refractivity contribution in [2.24, 2.45) is 11.7 Å². The summed E-state index contributed by atoms with van der Waals surface area (Å²) in [6.45, 7) is 5.70. The number of carbonyl (C=O) groups is 1. The number of rotatable bonds is 4. The Balaban J connectivity index is 2.18. The highest BCUT2D eigenvalue weighted by Gasteiger charge is 2.35. The Bertz CT molecular complexity index is 398. The van der Waals surface area contributed by atoms with Crippen molar-refractivity contribution in [1.29, 1.82) is 0 Å².